The zero-order chi connectivity index (χ0) is 40.0. The molecule has 17 heteroatoms. The molecule has 0 spiro atoms. The lowest BCUT2D eigenvalue weighted by Gasteiger charge is -2.35. The van der Waals surface area contributed by atoms with E-state index in [1.165, 1.54) is 0 Å². The lowest BCUT2D eigenvalue weighted by molar-refractivity contribution is -0.142. The SMILES string of the molecule is CNCCOCCOCCOCCOCCOCC(=O)Nc1nc(-c2ccccc2)c(NC(=O)[C@@H]2CCCN2C(=O)[C@@H](NC(=O)[C@H](C)NC)C2CCCCC2)s1. The van der Waals surface area contributed by atoms with Crippen molar-refractivity contribution in [2.45, 2.75) is 70.0 Å². The van der Waals surface area contributed by atoms with Gasteiger partial charge in [0.1, 0.15) is 29.4 Å². The Hall–Kier alpha value is -3.55. The number of likely N-dealkylation sites (tertiary alicyclic amines) is 1. The van der Waals surface area contributed by atoms with E-state index in [1.807, 2.05) is 37.4 Å². The predicted octanol–water partition coefficient (Wildman–Crippen LogP) is 2.65. The molecule has 312 valence electrons. The summed E-state index contributed by atoms with van der Waals surface area (Å²) in [7, 11) is 3.58. The van der Waals surface area contributed by atoms with Crippen molar-refractivity contribution in [1.29, 1.82) is 0 Å². The van der Waals surface area contributed by atoms with Gasteiger partial charge in [0, 0.05) is 18.7 Å². The van der Waals surface area contributed by atoms with E-state index < -0.39 is 24.0 Å². The van der Waals surface area contributed by atoms with Crippen LogP contribution in [0.3, 0.4) is 0 Å². The minimum Gasteiger partial charge on any atom is -0.378 e. The number of carbonyl (C=O) groups excluding carboxylic acids is 4. The first kappa shape index (κ1) is 45.2. The van der Waals surface area contributed by atoms with Crippen LogP contribution >= 0.6 is 11.3 Å². The molecule has 0 unspecified atom stereocenters. The quantitative estimate of drug-likeness (QED) is 0.0876. The normalized spacial score (nSPS) is 17.1. The number of nitrogens with one attached hydrogen (secondary N) is 5. The van der Waals surface area contributed by atoms with Crippen LogP contribution in [-0.2, 0) is 42.9 Å². The van der Waals surface area contributed by atoms with E-state index in [-0.39, 0.29) is 36.9 Å². The highest BCUT2D eigenvalue weighted by atomic mass is 32.1. The molecule has 1 aromatic carbocycles. The first-order chi connectivity index (χ1) is 27.3. The van der Waals surface area contributed by atoms with E-state index in [9.17, 15) is 19.2 Å². The second-order valence-electron chi connectivity index (χ2n) is 13.8. The van der Waals surface area contributed by atoms with Gasteiger partial charge in [-0.05, 0) is 52.6 Å². The average molecular weight is 804 g/mol. The summed E-state index contributed by atoms with van der Waals surface area (Å²) in [5.41, 5.74) is 1.26. The van der Waals surface area contributed by atoms with Gasteiger partial charge in [-0.2, -0.15) is 0 Å². The van der Waals surface area contributed by atoms with Gasteiger partial charge in [-0.3, -0.25) is 24.5 Å². The monoisotopic (exact) mass is 803 g/mol. The molecule has 1 saturated carbocycles. The summed E-state index contributed by atoms with van der Waals surface area (Å²) >= 11 is 1.13. The third kappa shape index (κ3) is 15.1. The fourth-order valence-corrected chi connectivity index (χ4v) is 7.47. The van der Waals surface area contributed by atoms with E-state index in [0.717, 1.165) is 55.5 Å². The van der Waals surface area contributed by atoms with Crippen molar-refractivity contribution in [3.8, 4) is 11.3 Å². The van der Waals surface area contributed by atoms with Crippen molar-refractivity contribution >= 4 is 45.1 Å². The lowest BCUT2D eigenvalue weighted by atomic mass is 9.83. The number of aromatic nitrogens is 1. The molecule has 3 atom stereocenters. The van der Waals surface area contributed by atoms with Gasteiger partial charge in [0.2, 0.25) is 17.7 Å². The molecule has 1 aromatic heterocycles. The number of nitrogens with zero attached hydrogens (tertiary/aromatic N) is 2. The van der Waals surface area contributed by atoms with E-state index >= 15 is 0 Å². The Morgan fingerprint density at radius 3 is 2.05 bits per heavy atom. The zero-order valence-corrected chi connectivity index (χ0v) is 33.9. The molecule has 5 N–H and O–H groups in total. The standard InChI is InChI=1S/C39H61N7O9S/c1-28(41-3)35(48)43-34(30-13-8-5-9-14-30)38(50)46-17-10-15-31(46)36(49)45-37-33(29-11-6-4-7-12-29)44-39(56-37)42-32(47)27-55-26-25-54-24-23-53-22-21-52-20-19-51-18-16-40-2/h4,6-7,11-12,28,30-31,34,40-41H,5,8-10,13-27H2,1-3H3,(H,43,48)(H,45,49)(H,42,44,47)/t28-,31-,34-/m0/s1. The summed E-state index contributed by atoms with van der Waals surface area (Å²) < 4.78 is 27.3. The molecule has 16 nitrogen and oxygen atoms in total. The van der Waals surface area contributed by atoms with Crippen LogP contribution in [0.25, 0.3) is 11.3 Å². The van der Waals surface area contributed by atoms with Gasteiger partial charge in [-0.15, -0.1) is 0 Å². The molecule has 1 saturated heterocycles. The minimum absolute atomic E-state index is 0.0164. The Bertz CT molecular complexity index is 1480. The van der Waals surface area contributed by atoms with Gasteiger partial charge >= 0.3 is 0 Å². The highest BCUT2D eigenvalue weighted by molar-refractivity contribution is 7.20. The van der Waals surface area contributed by atoms with E-state index in [0.29, 0.717) is 88.1 Å². The van der Waals surface area contributed by atoms with E-state index in [4.69, 9.17) is 23.7 Å². The summed E-state index contributed by atoms with van der Waals surface area (Å²) in [5.74, 6) is -1.18. The smallest absolute Gasteiger partial charge is 0.252 e. The molecule has 1 aliphatic carbocycles. The molecule has 2 aromatic rings. The first-order valence-electron chi connectivity index (χ1n) is 19.8. The summed E-state index contributed by atoms with van der Waals surface area (Å²) in [6.45, 7) is 6.77. The Labute approximate surface area is 334 Å². The highest BCUT2D eigenvalue weighted by Gasteiger charge is 2.41. The Morgan fingerprint density at radius 1 is 0.804 bits per heavy atom. The largest absolute Gasteiger partial charge is 0.378 e. The molecule has 2 heterocycles. The number of ether oxygens (including phenoxy) is 5. The van der Waals surface area contributed by atoms with Crippen LogP contribution in [0.5, 0.6) is 0 Å². The molecule has 2 fully saturated rings. The van der Waals surface area contributed by atoms with Crippen LogP contribution < -0.4 is 26.6 Å². The lowest BCUT2D eigenvalue weighted by Crippen LogP contribution is -2.57. The third-order valence-electron chi connectivity index (χ3n) is 9.72. The van der Waals surface area contributed by atoms with Gasteiger partial charge in [-0.25, -0.2) is 4.98 Å². The molecule has 56 heavy (non-hydrogen) atoms. The number of hydrogen-bond acceptors (Lipinski definition) is 13. The van der Waals surface area contributed by atoms with Gasteiger partial charge < -0.3 is 49.9 Å². The number of benzene rings is 1. The minimum atomic E-state index is -0.712. The van der Waals surface area contributed by atoms with Crippen LogP contribution in [-0.4, -0.2) is 145 Å². The summed E-state index contributed by atoms with van der Waals surface area (Å²) in [5, 5.41) is 15.5. The first-order valence-corrected chi connectivity index (χ1v) is 20.6. The second kappa shape index (κ2) is 25.7. The zero-order valence-electron chi connectivity index (χ0n) is 33.1. The summed E-state index contributed by atoms with van der Waals surface area (Å²) in [6, 6.07) is 7.50. The van der Waals surface area contributed by atoms with E-state index in [1.54, 1.807) is 18.9 Å². The number of anilines is 2. The van der Waals surface area contributed by atoms with E-state index in [2.05, 4.69) is 31.6 Å². The predicted molar refractivity (Wildman–Crippen MR) is 215 cm³/mol. The van der Waals surface area contributed by atoms with Gasteiger partial charge in [0.15, 0.2) is 5.13 Å². The maximum atomic E-state index is 14.1. The van der Waals surface area contributed by atoms with Crippen LogP contribution in [0.2, 0.25) is 0 Å². The third-order valence-corrected chi connectivity index (χ3v) is 10.6. The summed E-state index contributed by atoms with van der Waals surface area (Å²) in [6.07, 6.45) is 5.99. The maximum Gasteiger partial charge on any atom is 0.252 e. The highest BCUT2D eigenvalue weighted by Crippen LogP contribution is 2.37. The topological polar surface area (TPSA) is 191 Å². The average Bonchev–Trinajstić information content (AvgIpc) is 3.87. The number of thiazole rings is 1. The van der Waals surface area contributed by atoms with Crippen LogP contribution in [0.1, 0.15) is 51.9 Å². The molecule has 0 bridgehead atoms. The molecular formula is C39H61N7O9S. The van der Waals surface area contributed by atoms with Crippen molar-refractivity contribution in [2.75, 3.05) is 104 Å². The number of likely N-dealkylation sites (N-methyl/N-ethyl adjacent to an activating group) is 2. The Balaban J connectivity index is 1.25. The van der Waals surface area contributed by atoms with Crippen molar-refractivity contribution in [3.63, 3.8) is 0 Å². The van der Waals surface area contributed by atoms with Gasteiger partial charge in [0.05, 0.1) is 65.5 Å². The molecule has 0 radical (unpaired) electrons. The fraction of sp³-hybridized carbons (Fsp3) is 0.667. The Kier molecular flexibility index (Phi) is 20.7. The molecule has 2 aliphatic rings. The number of amides is 4. The van der Waals surface area contributed by atoms with Crippen molar-refractivity contribution in [2.24, 2.45) is 5.92 Å². The molecule has 1 aliphatic heterocycles. The summed E-state index contributed by atoms with van der Waals surface area (Å²) in [4.78, 5) is 60.1. The van der Waals surface area contributed by atoms with Crippen molar-refractivity contribution < 1.29 is 42.9 Å². The molecular weight excluding hydrogens is 743 g/mol. The number of hydrogen-bond donors (Lipinski definition) is 5. The van der Waals surface area contributed by atoms with Crippen molar-refractivity contribution in [3.05, 3.63) is 30.3 Å². The van der Waals surface area contributed by atoms with Gasteiger partial charge in [-0.1, -0.05) is 60.9 Å². The van der Waals surface area contributed by atoms with Crippen LogP contribution in [0.4, 0.5) is 10.1 Å². The molecule has 4 amide bonds. The van der Waals surface area contributed by atoms with Gasteiger partial charge in [0.25, 0.3) is 5.91 Å². The molecule has 4 rings (SSSR count). The van der Waals surface area contributed by atoms with Crippen LogP contribution in [0.15, 0.2) is 30.3 Å². The maximum absolute atomic E-state index is 14.1. The Morgan fingerprint density at radius 2 is 1.43 bits per heavy atom. The fourth-order valence-electron chi connectivity index (χ4n) is 6.56. The second-order valence-corrected chi connectivity index (χ2v) is 14.8. The van der Waals surface area contributed by atoms with Crippen molar-refractivity contribution in [1.82, 2.24) is 25.8 Å². The number of carbonyl (C=O) groups is 4. The number of rotatable bonds is 26. The van der Waals surface area contributed by atoms with Crippen LogP contribution in [0, 0.1) is 5.92 Å².